The topological polar surface area (TPSA) is 52.3 Å². The van der Waals surface area contributed by atoms with Crippen LogP contribution in [0, 0.1) is 0 Å². The van der Waals surface area contributed by atoms with Crippen molar-refractivity contribution < 1.29 is 9.53 Å². The maximum Gasteiger partial charge on any atom is 0.179 e. The normalized spacial score (nSPS) is 12.5. The number of ether oxygens (including phenoxy) is 1. The van der Waals surface area contributed by atoms with E-state index >= 15 is 0 Å². The zero-order valence-electron chi connectivity index (χ0n) is 11.5. The first kappa shape index (κ1) is 14.7. The van der Waals surface area contributed by atoms with E-state index in [9.17, 15) is 4.79 Å². The first-order chi connectivity index (χ1) is 8.54. The highest BCUT2D eigenvalue weighted by atomic mass is 16.5. The number of hydrogen-bond acceptors (Lipinski definition) is 3. The molecule has 0 aliphatic heterocycles. The molecule has 1 unspecified atom stereocenters. The molecule has 3 nitrogen and oxygen atoms in total. The van der Waals surface area contributed by atoms with E-state index in [0.29, 0.717) is 5.56 Å². The van der Waals surface area contributed by atoms with Crippen molar-refractivity contribution in [3.63, 3.8) is 0 Å². The van der Waals surface area contributed by atoms with Gasteiger partial charge in [-0.25, -0.2) is 0 Å². The molecule has 18 heavy (non-hydrogen) atoms. The van der Waals surface area contributed by atoms with Gasteiger partial charge < -0.3 is 10.5 Å². The van der Waals surface area contributed by atoms with Gasteiger partial charge >= 0.3 is 0 Å². The molecule has 0 heterocycles. The Hall–Kier alpha value is -1.35. The van der Waals surface area contributed by atoms with E-state index in [2.05, 4.69) is 6.92 Å². The minimum absolute atomic E-state index is 0.00217. The fraction of sp³-hybridized carbons (Fsp3) is 0.533. The van der Waals surface area contributed by atoms with Crippen LogP contribution in [0.3, 0.4) is 0 Å². The molecule has 0 saturated heterocycles. The first-order valence-electron chi connectivity index (χ1n) is 6.61. The Kier molecular flexibility index (Phi) is 5.86. The van der Waals surface area contributed by atoms with Crippen molar-refractivity contribution in [3.8, 4) is 5.75 Å². The number of unbranched alkanes of at least 4 members (excludes halogenated alkanes) is 1. The maximum atomic E-state index is 12.1. The van der Waals surface area contributed by atoms with Gasteiger partial charge in [-0.3, -0.25) is 4.79 Å². The largest absolute Gasteiger partial charge is 0.491 e. The van der Waals surface area contributed by atoms with Crippen LogP contribution in [0.1, 0.15) is 50.4 Å². The van der Waals surface area contributed by atoms with Crippen molar-refractivity contribution in [1.82, 2.24) is 0 Å². The van der Waals surface area contributed by atoms with Crippen molar-refractivity contribution >= 4 is 5.78 Å². The molecule has 2 N–H and O–H groups in total. The third-order valence-corrected chi connectivity index (χ3v) is 2.70. The molecule has 0 spiro atoms. The minimum atomic E-state index is -0.403. The molecule has 0 fully saturated rings. The average Bonchev–Trinajstić information content (AvgIpc) is 2.34. The van der Waals surface area contributed by atoms with E-state index in [1.165, 1.54) is 0 Å². The number of ketones is 1. The predicted octanol–water partition coefficient (Wildman–Crippen LogP) is 3.17. The van der Waals surface area contributed by atoms with Crippen molar-refractivity contribution in [2.45, 2.75) is 52.2 Å². The lowest BCUT2D eigenvalue weighted by Crippen LogP contribution is -2.30. The Labute approximate surface area is 109 Å². The van der Waals surface area contributed by atoms with Gasteiger partial charge in [-0.05, 0) is 32.4 Å². The summed E-state index contributed by atoms with van der Waals surface area (Å²) < 4.78 is 5.57. The Bertz CT molecular complexity index is 388. The van der Waals surface area contributed by atoms with Crippen molar-refractivity contribution in [2.75, 3.05) is 0 Å². The van der Waals surface area contributed by atoms with Crippen LogP contribution in [0.5, 0.6) is 5.75 Å². The van der Waals surface area contributed by atoms with E-state index in [-0.39, 0.29) is 11.9 Å². The van der Waals surface area contributed by atoms with Crippen molar-refractivity contribution in [1.29, 1.82) is 0 Å². The highest BCUT2D eigenvalue weighted by molar-refractivity contribution is 6.00. The van der Waals surface area contributed by atoms with Gasteiger partial charge in [0.2, 0.25) is 0 Å². The highest BCUT2D eigenvalue weighted by Gasteiger charge is 2.15. The van der Waals surface area contributed by atoms with E-state index in [1.54, 1.807) is 12.1 Å². The summed E-state index contributed by atoms with van der Waals surface area (Å²) in [6.07, 6.45) is 2.88. The van der Waals surface area contributed by atoms with Crippen molar-refractivity contribution in [3.05, 3.63) is 29.8 Å². The maximum absolute atomic E-state index is 12.1. The lowest BCUT2D eigenvalue weighted by Gasteiger charge is -2.13. The molecule has 0 saturated carbocycles. The minimum Gasteiger partial charge on any atom is -0.491 e. The third-order valence-electron chi connectivity index (χ3n) is 2.70. The quantitative estimate of drug-likeness (QED) is 0.755. The molecule has 0 aliphatic rings. The summed E-state index contributed by atoms with van der Waals surface area (Å²) in [5, 5.41) is 0. The summed E-state index contributed by atoms with van der Waals surface area (Å²) in [6.45, 7) is 6.01. The number of rotatable bonds is 7. The fourth-order valence-corrected chi connectivity index (χ4v) is 1.76. The third kappa shape index (κ3) is 4.49. The average molecular weight is 249 g/mol. The van der Waals surface area contributed by atoms with Gasteiger partial charge in [0.25, 0.3) is 0 Å². The molecule has 0 aliphatic carbocycles. The van der Waals surface area contributed by atoms with Crippen LogP contribution in [-0.2, 0) is 0 Å². The summed E-state index contributed by atoms with van der Waals surface area (Å²) in [6, 6.07) is 6.85. The second kappa shape index (κ2) is 7.17. The van der Waals surface area contributed by atoms with Crippen LogP contribution in [0.25, 0.3) is 0 Å². The lowest BCUT2D eigenvalue weighted by atomic mass is 10.0. The van der Waals surface area contributed by atoms with Crippen LogP contribution in [0.15, 0.2) is 24.3 Å². The summed E-state index contributed by atoms with van der Waals surface area (Å²) in [7, 11) is 0. The van der Waals surface area contributed by atoms with Gasteiger partial charge in [0.1, 0.15) is 5.75 Å². The number of carbonyl (C=O) groups excluding carboxylic acids is 1. The molecular formula is C15H23NO2. The number of hydrogen-bond donors (Lipinski definition) is 1. The van der Waals surface area contributed by atoms with Crippen LogP contribution in [0.2, 0.25) is 0 Å². The van der Waals surface area contributed by atoms with E-state index in [1.807, 2.05) is 26.0 Å². The molecule has 1 aromatic rings. The van der Waals surface area contributed by atoms with Crippen LogP contribution >= 0.6 is 0 Å². The molecule has 3 heteroatoms. The van der Waals surface area contributed by atoms with E-state index in [0.717, 1.165) is 25.0 Å². The standard InChI is InChI=1S/C15H23NO2/c1-4-5-9-14(16)15(17)12-7-6-8-13(10-12)18-11(2)3/h6-8,10-11,14H,4-5,9,16H2,1-3H3. The van der Waals surface area contributed by atoms with Gasteiger partial charge in [0.05, 0.1) is 12.1 Å². The Morgan fingerprint density at radius 2 is 2.11 bits per heavy atom. The van der Waals surface area contributed by atoms with Gasteiger partial charge in [0, 0.05) is 5.56 Å². The van der Waals surface area contributed by atoms with Gasteiger partial charge in [0.15, 0.2) is 5.78 Å². The second-order valence-corrected chi connectivity index (χ2v) is 4.81. The van der Waals surface area contributed by atoms with Gasteiger partial charge in [-0.15, -0.1) is 0 Å². The summed E-state index contributed by atoms with van der Waals surface area (Å²) in [5.41, 5.74) is 6.53. The summed E-state index contributed by atoms with van der Waals surface area (Å²) in [5.74, 6) is 0.719. The summed E-state index contributed by atoms with van der Waals surface area (Å²) >= 11 is 0. The molecule has 0 aromatic heterocycles. The number of carbonyl (C=O) groups is 1. The Morgan fingerprint density at radius 1 is 1.39 bits per heavy atom. The fourth-order valence-electron chi connectivity index (χ4n) is 1.76. The monoisotopic (exact) mass is 249 g/mol. The van der Waals surface area contributed by atoms with Crippen molar-refractivity contribution in [2.24, 2.45) is 5.73 Å². The molecule has 1 rings (SSSR count). The van der Waals surface area contributed by atoms with Crippen LogP contribution in [-0.4, -0.2) is 17.9 Å². The molecule has 1 aromatic carbocycles. The zero-order valence-corrected chi connectivity index (χ0v) is 11.5. The predicted molar refractivity (Wildman–Crippen MR) is 74.0 cm³/mol. The van der Waals surface area contributed by atoms with Gasteiger partial charge in [-0.1, -0.05) is 31.9 Å². The molecule has 0 radical (unpaired) electrons. The Morgan fingerprint density at radius 3 is 2.72 bits per heavy atom. The SMILES string of the molecule is CCCCC(N)C(=O)c1cccc(OC(C)C)c1. The van der Waals surface area contributed by atoms with Crippen LogP contribution in [0.4, 0.5) is 0 Å². The molecule has 100 valence electrons. The smallest absolute Gasteiger partial charge is 0.179 e. The highest BCUT2D eigenvalue weighted by Crippen LogP contribution is 2.17. The number of Topliss-reactive ketones (excluding diaryl/α,β-unsaturated/α-hetero) is 1. The van der Waals surface area contributed by atoms with Gasteiger partial charge in [-0.2, -0.15) is 0 Å². The second-order valence-electron chi connectivity index (χ2n) is 4.81. The molecule has 0 bridgehead atoms. The molecular weight excluding hydrogens is 226 g/mol. The molecule has 1 atom stereocenters. The zero-order chi connectivity index (χ0) is 13.5. The van der Waals surface area contributed by atoms with E-state index in [4.69, 9.17) is 10.5 Å². The van der Waals surface area contributed by atoms with Crippen LogP contribution < -0.4 is 10.5 Å². The number of benzene rings is 1. The first-order valence-corrected chi connectivity index (χ1v) is 6.61. The Balaban J connectivity index is 2.73. The summed E-state index contributed by atoms with van der Waals surface area (Å²) in [4.78, 5) is 12.1. The lowest BCUT2D eigenvalue weighted by molar-refractivity contribution is 0.0955. The molecule has 0 amide bonds. The number of nitrogens with two attached hydrogens (primary N) is 1. The van der Waals surface area contributed by atoms with E-state index < -0.39 is 6.04 Å².